The van der Waals surface area contributed by atoms with E-state index in [0.29, 0.717) is 19.3 Å². The molecule has 0 spiro atoms. The van der Waals surface area contributed by atoms with Crippen LogP contribution in [0.5, 0.6) is 0 Å². The van der Waals surface area contributed by atoms with Gasteiger partial charge >= 0.3 is 17.9 Å². The van der Waals surface area contributed by atoms with Gasteiger partial charge in [0.15, 0.2) is 6.10 Å². The first-order valence-electron chi connectivity index (χ1n) is 36.0. The largest absolute Gasteiger partial charge is 0.462 e. The van der Waals surface area contributed by atoms with Crippen LogP contribution in [0.4, 0.5) is 0 Å². The number of hydrogen-bond acceptors (Lipinski definition) is 6. The van der Waals surface area contributed by atoms with Crippen molar-refractivity contribution >= 4 is 17.9 Å². The highest BCUT2D eigenvalue weighted by Crippen LogP contribution is 2.19. The van der Waals surface area contributed by atoms with Gasteiger partial charge in [0, 0.05) is 19.3 Å². The number of allylic oxidation sites excluding steroid dienone is 6. The Bertz CT molecular complexity index is 1340. The van der Waals surface area contributed by atoms with Gasteiger partial charge < -0.3 is 14.2 Å². The molecule has 0 rings (SSSR count). The van der Waals surface area contributed by atoms with Crippen LogP contribution in [0.2, 0.25) is 0 Å². The van der Waals surface area contributed by atoms with Crippen LogP contribution in [0.1, 0.15) is 400 Å². The van der Waals surface area contributed by atoms with Gasteiger partial charge in [-0.3, -0.25) is 14.4 Å². The molecule has 0 bridgehead atoms. The zero-order valence-corrected chi connectivity index (χ0v) is 54.1. The minimum absolute atomic E-state index is 0.0656. The Labute approximate surface area is 499 Å². The summed E-state index contributed by atoms with van der Waals surface area (Å²) in [7, 11) is 0. The van der Waals surface area contributed by atoms with E-state index in [0.717, 1.165) is 70.6 Å². The predicted molar refractivity (Wildman–Crippen MR) is 349 cm³/mol. The van der Waals surface area contributed by atoms with Gasteiger partial charge in [-0.05, 0) is 57.8 Å². The van der Waals surface area contributed by atoms with E-state index < -0.39 is 6.10 Å². The molecule has 0 heterocycles. The smallest absolute Gasteiger partial charge is 0.306 e. The molecular formula is C74H138O6. The molecule has 0 amide bonds. The van der Waals surface area contributed by atoms with Crippen LogP contribution in [0.15, 0.2) is 36.5 Å². The van der Waals surface area contributed by atoms with Crippen LogP contribution in [0, 0.1) is 0 Å². The molecule has 0 N–H and O–H groups in total. The van der Waals surface area contributed by atoms with Crippen molar-refractivity contribution in [2.24, 2.45) is 0 Å². The Morgan fingerprint density at radius 3 is 0.700 bits per heavy atom. The molecule has 470 valence electrons. The fourth-order valence-electron chi connectivity index (χ4n) is 11.0. The lowest BCUT2D eigenvalue weighted by atomic mass is 10.0. The molecule has 0 saturated carbocycles. The fourth-order valence-corrected chi connectivity index (χ4v) is 11.0. The van der Waals surface area contributed by atoms with E-state index in [1.54, 1.807) is 0 Å². The van der Waals surface area contributed by atoms with Gasteiger partial charge in [0.1, 0.15) is 13.2 Å². The lowest BCUT2D eigenvalue weighted by Crippen LogP contribution is -2.30. The van der Waals surface area contributed by atoms with Gasteiger partial charge in [0.25, 0.3) is 0 Å². The number of unbranched alkanes of at least 4 members (excludes halogenated alkanes) is 50. The summed E-state index contributed by atoms with van der Waals surface area (Å²) in [5.41, 5.74) is 0. The normalized spacial score (nSPS) is 12.2. The third-order valence-electron chi connectivity index (χ3n) is 16.4. The zero-order valence-electron chi connectivity index (χ0n) is 54.1. The second kappa shape index (κ2) is 69.1. The molecule has 1 atom stereocenters. The summed E-state index contributed by atoms with van der Waals surface area (Å²) in [6.07, 6.45) is 86.0. The monoisotopic (exact) mass is 1120 g/mol. The molecule has 0 aliphatic rings. The van der Waals surface area contributed by atoms with Crippen LogP contribution in [-0.4, -0.2) is 37.2 Å². The Morgan fingerprint density at radius 2 is 0.450 bits per heavy atom. The van der Waals surface area contributed by atoms with E-state index >= 15 is 0 Å². The molecular weight excluding hydrogens is 985 g/mol. The molecule has 0 aromatic heterocycles. The van der Waals surface area contributed by atoms with Crippen LogP contribution < -0.4 is 0 Å². The number of ether oxygens (including phenoxy) is 3. The molecule has 0 aromatic rings. The average Bonchev–Trinajstić information content (AvgIpc) is 3.46. The fraction of sp³-hybridized carbons (Fsp3) is 0.878. The quantitative estimate of drug-likeness (QED) is 0.0261. The molecule has 0 saturated heterocycles. The van der Waals surface area contributed by atoms with Crippen molar-refractivity contribution in [3.8, 4) is 0 Å². The summed E-state index contributed by atoms with van der Waals surface area (Å²) in [5, 5.41) is 0. The highest BCUT2D eigenvalue weighted by molar-refractivity contribution is 5.71. The van der Waals surface area contributed by atoms with Crippen molar-refractivity contribution in [2.45, 2.75) is 406 Å². The number of esters is 3. The number of rotatable bonds is 67. The zero-order chi connectivity index (χ0) is 57.8. The van der Waals surface area contributed by atoms with Crippen LogP contribution >= 0.6 is 0 Å². The first kappa shape index (κ1) is 77.6. The van der Waals surface area contributed by atoms with Crippen LogP contribution in [0.3, 0.4) is 0 Å². The molecule has 0 fully saturated rings. The first-order valence-corrected chi connectivity index (χ1v) is 36.0. The minimum Gasteiger partial charge on any atom is -0.462 e. The highest BCUT2D eigenvalue weighted by Gasteiger charge is 2.19. The first-order chi connectivity index (χ1) is 39.5. The second-order valence-corrected chi connectivity index (χ2v) is 24.5. The summed E-state index contributed by atoms with van der Waals surface area (Å²) in [6.45, 7) is 6.71. The molecule has 6 heteroatoms. The van der Waals surface area contributed by atoms with E-state index in [2.05, 4.69) is 57.2 Å². The lowest BCUT2D eigenvalue weighted by Gasteiger charge is -2.18. The highest BCUT2D eigenvalue weighted by atomic mass is 16.6. The predicted octanol–water partition coefficient (Wildman–Crippen LogP) is 24.7. The average molecular weight is 1120 g/mol. The van der Waals surface area contributed by atoms with Gasteiger partial charge in [-0.2, -0.15) is 0 Å². The van der Waals surface area contributed by atoms with Gasteiger partial charge in [-0.15, -0.1) is 0 Å². The van der Waals surface area contributed by atoms with E-state index in [1.807, 2.05) is 0 Å². The van der Waals surface area contributed by atoms with Crippen molar-refractivity contribution < 1.29 is 28.6 Å². The maximum Gasteiger partial charge on any atom is 0.306 e. The van der Waals surface area contributed by atoms with Gasteiger partial charge in [-0.1, -0.05) is 359 Å². The van der Waals surface area contributed by atoms with Gasteiger partial charge in [-0.25, -0.2) is 0 Å². The summed E-state index contributed by atoms with van der Waals surface area (Å²) in [4.78, 5) is 38.5. The van der Waals surface area contributed by atoms with Crippen molar-refractivity contribution in [2.75, 3.05) is 13.2 Å². The second-order valence-electron chi connectivity index (χ2n) is 24.5. The summed E-state index contributed by atoms with van der Waals surface area (Å²) in [5.74, 6) is -0.834. The van der Waals surface area contributed by atoms with Crippen molar-refractivity contribution in [3.63, 3.8) is 0 Å². The Hall–Kier alpha value is -2.37. The topological polar surface area (TPSA) is 78.9 Å². The third-order valence-corrected chi connectivity index (χ3v) is 16.4. The Morgan fingerprint density at radius 1 is 0.250 bits per heavy atom. The molecule has 0 radical (unpaired) electrons. The van der Waals surface area contributed by atoms with E-state index in [9.17, 15) is 14.4 Å². The van der Waals surface area contributed by atoms with Gasteiger partial charge in [0.05, 0.1) is 0 Å². The molecule has 6 nitrogen and oxygen atoms in total. The molecule has 0 aromatic carbocycles. The molecule has 0 aliphatic heterocycles. The number of carbonyl (C=O) groups is 3. The molecule has 1 unspecified atom stereocenters. The molecule has 0 aliphatic carbocycles. The Balaban J connectivity index is 4.26. The Kier molecular flexibility index (Phi) is 67.1. The van der Waals surface area contributed by atoms with Crippen LogP contribution in [-0.2, 0) is 28.6 Å². The van der Waals surface area contributed by atoms with E-state index in [1.165, 1.54) is 289 Å². The number of carbonyl (C=O) groups excluding carboxylic acids is 3. The van der Waals surface area contributed by atoms with Crippen molar-refractivity contribution in [1.29, 1.82) is 0 Å². The third kappa shape index (κ3) is 66.4. The maximum absolute atomic E-state index is 13.0. The van der Waals surface area contributed by atoms with Crippen molar-refractivity contribution in [3.05, 3.63) is 36.5 Å². The van der Waals surface area contributed by atoms with E-state index in [-0.39, 0.29) is 31.1 Å². The number of hydrogen-bond donors (Lipinski definition) is 0. The molecule has 80 heavy (non-hydrogen) atoms. The van der Waals surface area contributed by atoms with Gasteiger partial charge in [0.2, 0.25) is 0 Å². The van der Waals surface area contributed by atoms with Crippen LogP contribution in [0.25, 0.3) is 0 Å². The summed E-state index contributed by atoms with van der Waals surface area (Å²) >= 11 is 0. The lowest BCUT2D eigenvalue weighted by molar-refractivity contribution is -0.167. The van der Waals surface area contributed by atoms with E-state index in [4.69, 9.17) is 14.2 Å². The maximum atomic E-state index is 13.0. The summed E-state index contributed by atoms with van der Waals surface area (Å²) in [6, 6.07) is 0. The van der Waals surface area contributed by atoms with Crippen molar-refractivity contribution in [1.82, 2.24) is 0 Å². The minimum atomic E-state index is -0.770. The SMILES string of the molecule is CCCCCCC/C=C\C/C=C\C/C=C\CCCCCCCCCCCCCCC(=O)OCC(COC(=O)CCCCCCCCCCCCCCCCCCC)OC(=O)CCCCCCCCCCCCCCCCCCCC. The standard InChI is InChI=1S/C74H138O6/c1-4-7-10-13-16-19-22-25-28-31-33-34-35-36-37-38-39-40-41-44-46-49-52-55-58-61-64-67-73(76)79-70-71(69-78-72(75)66-63-60-57-54-51-48-45-42-30-27-24-21-18-15-12-9-6-3)80-74(77)68-65-62-59-56-53-50-47-43-32-29-26-23-20-17-14-11-8-5-2/h22,25,31,33,35-36,71H,4-21,23-24,26-30,32,34,37-70H2,1-3H3/b25-22-,33-31-,36-35-. The summed E-state index contributed by atoms with van der Waals surface area (Å²) < 4.78 is 17.0.